The number of carbonyl (C=O) groups excluding carboxylic acids is 1. The number of carboxylic acid groups (broad SMARTS) is 2. The molecular formula is C24H32N2O8. The van der Waals surface area contributed by atoms with E-state index in [4.69, 9.17) is 14.9 Å². The zero-order valence-corrected chi connectivity index (χ0v) is 19.2. The molecule has 2 rings (SSSR count). The van der Waals surface area contributed by atoms with Gasteiger partial charge in [0.15, 0.2) is 0 Å². The van der Waals surface area contributed by atoms with Gasteiger partial charge in [0.1, 0.15) is 11.5 Å². The highest BCUT2D eigenvalue weighted by Crippen LogP contribution is 2.26. The second kappa shape index (κ2) is 15.3. The predicted molar refractivity (Wildman–Crippen MR) is 126 cm³/mol. The molecule has 2 unspecified atom stereocenters. The van der Waals surface area contributed by atoms with E-state index >= 15 is 0 Å². The van der Waals surface area contributed by atoms with Crippen molar-refractivity contribution in [3.63, 3.8) is 0 Å². The molecule has 34 heavy (non-hydrogen) atoms. The molecule has 0 fully saturated rings. The van der Waals surface area contributed by atoms with Gasteiger partial charge in [-0.2, -0.15) is 0 Å². The number of aliphatic hydroxyl groups excluding tert-OH is 1. The van der Waals surface area contributed by atoms with Crippen LogP contribution in [0, 0.1) is 0 Å². The number of methoxy groups -OCH3 is 1. The third kappa shape index (κ3) is 11.3. The Morgan fingerprint density at radius 2 is 1.68 bits per heavy atom. The number of amides is 1. The molecule has 0 aromatic heterocycles. The van der Waals surface area contributed by atoms with E-state index in [2.05, 4.69) is 10.6 Å². The lowest BCUT2D eigenvalue weighted by atomic mass is 10.1. The third-order valence-corrected chi connectivity index (χ3v) is 4.76. The fourth-order valence-corrected chi connectivity index (χ4v) is 2.95. The molecule has 6 N–H and O–H groups in total. The lowest BCUT2D eigenvalue weighted by Crippen LogP contribution is -2.32. The first-order chi connectivity index (χ1) is 16.2. The zero-order valence-electron chi connectivity index (χ0n) is 19.2. The molecule has 0 saturated heterocycles. The average molecular weight is 477 g/mol. The van der Waals surface area contributed by atoms with E-state index in [1.807, 2.05) is 31.2 Å². The maximum atomic E-state index is 10.5. The van der Waals surface area contributed by atoms with Crippen molar-refractivity contribution in [2.75, 3.05) is 19.0 Å². The standard InChI is InChI=1S/C19H24N2O4.C5H8O4/c1-13(9-14-3-6-16(25-2)7-4-14)20-11-19(24)15-5-8-18(23)17(10-15)21-12-22;6-4(7)2-1-3-5(8)9/h3-8,10,12-13,19-20,23-24H,9,11H2,1-2H3,(H,21,22);1-3H2,(H,6,7)(H,8,9). The maximum Gasteiger partial charge on any atom is 0.303 e. The Balaban J connectivity index is 0.000000546. The minimum Gasteiger partial charge on any atom is -0.506 e. The molecule has 0 bridgehead atoms. The number of anilines is 1. The van der Waals surface area contributed by atoms with Gasteiger partial charge in [-0.15, -0.1) is 0 Å². The fourth-order valence-electron chi connectivity index (χ4n) is 2.95. The smallest absolute Gasteiger partial charge is 0.303 e. The molecule has 0 heterocycles. The summed E-state index contributed by atoms with van der Waals surface area (Å²) in [5, 5.41) is 41.7. The van der Waals surface area contributed by atoms with Gasteiger partial charge in [0.25, 0.3) is 0 Å². The predicted octanol–water partition coefficient (Wildman–Crippen LogP) is 2.55. The summed E-state index contributed by atoms with van der Waals surface area (Å²) in [5.41, 5.74) is 2.07. The van der Waals surface area contributed by atoms with Crippen molar-refractivity contribution in [1.82, 2.24) is 5.32 Å². The Bertz CT molecular complexity index is 904. The lowest BCUT2D eigenvalue weighted by molar-refractivity contribution is -0.138. The summed E-state index contributed by atoms with van der Waals surface area (Å²) < 4.78 is 5.14. The molecule has 1 amide bonds. The summed E-state index contributed by atoms with van der Waals surface area (Å²) in [4.78, 5) is 30.1. The number of benzene rings is 2. The van der Waals surface area contributed by atoms with Gasteiger partial charge in [-0.1, -0.05) is 18.2 Å². The molecule has 0 aliphatic rings. The van der Waals surface area contributed by atoms with Gasteiger partial charge >= 0.3 is 11.9 Å². The topological polar surface area (TPSA) is 165 Å². The largest absolute Gasteiger partial charge is 0.506 e. The highest BCUT2D eigenvalue weighted by molar-refractivity contribution is 5.75. The number of ether oxygens (including phenoxy) is 1. The van der Waals surface area contributed by atoms with Crippen LogP contribution in [0.5, 0.6) is 11.5 Å². The fraction of sp³-hybridized carbons (Fsp3) is 0.375. The Morgan fingerprint density at radius 3 is 2.21 bits per heavy atom. The van der Waals surface area contributed by atoms with Gasteiger partial charge in [0.2, 0.25) is 6.41 Å². The molecule has 2 aromatic rings. The SMILES string of the molecule is COc1ccc(CC(C)NCC(O)c2ccc(O)c(NC=O)c2)cc1.O=C(O)CCCC(=O)O. The van der Waals surface area contributed by atoms with E-state index in [1.54, 1.807) is 19.2 Å². The van der Waals surface area contributed by atoms with Crippen LogP contribution in [0.15, 0.2) is 42.5 Å². The summed E-state index contributed by atoms with van der Waals surface area (Å²) in [6, 6.07) is 12.7. The van der Waals surface area contributed by atoms with Crippen molar-refractivity contribution >= 4 is 24.0 Å². The number of hydrogen-bond acceptors (Lipinski definition) is 7. The van der Waals surface area contributed by atoms with E-state index in [0.717, 1.165) is 12.2 Å². The average Bonchev–Trinajstić information content (AvgIpc) is 2.79. The highest BCUT2D eigenvalue weighted by Gasteiger charge is 2.12. The number of aromatic hydroxyl groups is 1. The molecule has 0 spiro atoms. The Morgan fingerprint density at radius 1 is 1.06 bits per heavy atom. The summed E-state index contributed by atoms with van der Waals surface area (Å²) in [6.45, 7) is 2.41. The molecule has 0 aliphatic heterocycles. The third-order valence-electron chi connectivity index (χ3n) is 4.76. The number of phenolic OH excluding ortho intramolecular Hbond substituents is 1. The lowest BCUT2D eigenvalue weighted by Gasteiger charge is -2.18. The van der Waals surface area contributed by atoms with Gasteiger partial charge < -0.3 is 35.8 Å². The highest BCUT2D eigenvalue weighted by atomic mass is 16.5. The monoisotopic (exact) mass is 476 g/mol. The van der Waals surface area contributed by atoms with Crippen LogP contribution in [0.25, 0.3) is 0 Å². The number of rotatable bonds is 13. The van der Waals surface area contributed by atoms with Crippen LogP contribution >= 0.6 is 0 Å². The quantitative estimate of drug-likeness (QED) is 0.188. The molecule has 0 saturated carbocycles. The molecule has 2 aromatic carbocycles. The van der Waals surface area contributed by atoms with Crippen molar-refractivity contribution in [3.05, 3.63) is 53.6 Å². The maximum absolute atomic E-state index is 10.5. The number of carbonyl (C=O) groups is 3. The first kappa shape index (κ1) is 28.4. The first-order valence-electron chi connectivity index (χ1n) is 10.7. The van der Waals surface area contributed by atoms with Crippen molar-refractivity contribution in [2.24, 2.45) is 0 Å². The van der Waals surface area contributed by atoms with Crippen LogP contribution in [-0.4, -0.2) is 58.5 Å². The zero-order chi connectivity index (χ0) is 25.5. The van der Waals surface area contributed by atoms with Crippen LogP contribution in [-0.2, 0) is 20.8 Å². The van der Waals surface area contributed by atoms with E-state index in [0.29, 0.717) is 18.5 Å². The van der Waals surface area contributed by atoms with Crippen LogP contribution in [0.1, 0.15) is 43.4 Å². The van der Waals surface area contributed by atoms with Gasteiger partial charge in [0, 0.05) is 25.4 Å². The van der Waals surface area contributed by atoms with Crippen molar-refractivity contribution in [3.8, 4) is 11.5 Å². The summed E-state index contributed by atoms with van der Waals surface area (Å²) in [7, 11) is 1.64. The first-order valence-corrected chi connectivity index (χ1v) is 10.7. The van der Waals surface area contributed by atoms with Crippen LogP contribution in [0.4, 0.5) is 5.69 Å². The Hall–Kier alpha value is -3.63. The van der Waals surface area contributed by atoms with Crippen LogP contribution < -0.4 is 15.4 Å². The molecular weight excluding hydrogens is 444 g/mol. The normalized spacial score (nSPS) is 12.0. The Kier molecular flexibility index (Phi) is 12.7. The summed E-state index contributed by atoms with van der Waals surface area (Å²) in [6.07, 6.45) is 0.652. The van der Waals surface area contributed by atoms with Gasteiger partial charge in [-0.25, -0.2) is 0 Å². The van der Waals surface area contributed by atoms with E-state index in [1.165, 1.54) is 11.6 Å². The second-order valence-corrected chi connectivity index (χ2v) is 7.56. The molecule has 10 heteroatoms. The minimum absolute atomic E-state index is 0.0381. The Labute approximate surface area is 198 Å². The summed E-state index contributed by atoms with van der Waals surface area (Å²) >= 11 is 0. The number of nitrogens with one attached hydrogen (secondary N) is 2. The molecule has 186 valence electrons. The van der Waals surface area contributed by atoms with Gasteiger partial charge in [-0.05, 0) is 55.2 Å². The van der Waals surface area contributed by atoms with Crippen LogP contribution in [0.2, 0.25) is 0 Å². The number of carboxylic acids is 2. The van der Waals surface area contributed by atoms with E-state index in [-0.39, 0.29) is 36.7 Å². The van der Waals surface area contributed by atoms with E-state index < -0.39 is 18.0 Å². The van der Waals surface area contributed by atoms with Crippen molar-refractivity contribution in [1.29, 1.82) is 0 Å². The number of hydrogen-bond donors (Lipinski definition) is 6. The summed E-state index contributed by atoms with van der Waals surface area (Å²) in [5.74, 6) is -1.11. The van der Waals surface area contributed by atoms with Crippen molar-refractivity contribution in [2.45, 2.75) is 44.8 Å². The molecule has 0 radical (unpaired) electrons. The van der Waals surface area contributed by atoms with E-state index in [9.17, 15) is 24.6 Å². The molecule has 10 nitrogen and oxygen atoms in total. The van der Waals surface area contributed by atoms with Crippen molar-refractivity contribution < 1.29 is 39.5 Å². The number of aliphatic hydroxyl groups is 1. The number of phenols is 1. The molecule has 0 aliphatic carbocycles. The number of aliphatic carboxylic acids is 2. The molecule has 2 atom stereocenters. The van der Waals surface area contributed by atoms with Crippen LogP contribution in [0.3, 0.4) is 0 Å². The van der Waals surface area contributed by atoms with Gasteiger partial charge in [-0.3, -0.25) is 14.4 Å². The minimum atomic E-state index is -0.948. The van der Waals surface area contributed by atoms with Gasteiger partial charge in [0.05, 0.1) is 18.9 Å². The second-order valence-electron chi connectivity index (χ2n) is 7.56.